The average Bonchev–Trinajstić information content (AvgIpc) is 2.61. The first kappa shape index (κ1) is 17.6. The molecule has 2 aromatic carbocycles. The summed E-state index contributed by atoms with van der Waals surface area (Å²) in [7, 11) is 4.36. The number of quaternary nitrogens is 1. The first-order valence-corrected chi connectivity index (χ1v) is 8.88. The van der Waals surface area contributed by atoms with Crippen LogP contribution in [0.15, 0.2) is 60.7 Å². The molecule has 1 saturated heterocycles. The second-order valence-electron chi connectivity index (χ2n) is 7.60. The van der Waals surface area contributed by atoms with Gasteiger partial charge in [0.25, 0.3) is 5.91 Å². The van der Waals surface area contributed by atoms with Crippen molar-refractivity contribution in [2.45, 2.75) is 24.5 Å². The zero-order chi connectivity index (χ0) is 17.9. The van der Waals surface area contributed by atoms with E-state index in [9.17, 15) is 9.90 Å². The molecule has 1 atom stereocenters. The van der Waals surface area contributed by atoms with E-state index in [1.54, 1.807) is 24.3 Å². The van der Waals surface area contributed by atoms with Crippen LogP contribution >= 0.6 is 0 Å². The third kappa shape index (κ3) is 3.75. The van der Waals surface area contributed by atoms with Crippen LogP contribution in [0, 0.1) is 0 Å². The molecule has 0 saturated carbocycles. The lowest BCUT2D eigenvalue weighted by Gasteiger charge is -2.39. The number of hydrogen-bond acceptors (Lipinski definition) is 2. The van der Waals surface area contributed by atoms with Gasteiger partial charge in [0.1, 0.15) is 0 Å². The molecule has 1 fully saturated rings. The minimum absolute atomic E-state index is 0.0789. The summed E-state index contributed by atoms with van der Waals surface area (Å²) in [5.74, 6) is -0.350. The number of aliphatic hydroxyl groups is 1. The highest BCUT2D eigenvalue weighted by Crippen LogP contribution is 2.30. The second kappa shape index (κ2) is 6.98. The average molecular weight is 339 g/mol. The standard InChI is InChI=1S/C21H26N2O2/c1-23(2)15-9-14-19(16-23)22-20(24)21(25,17-10-5-3-6-11-17)18-12-7-4-8-13-18/h3-8,10-13,19,25H,9,14-16H2,1-2H3/p+1. The summed E-state index contributed by atoms with van der Waals surface area (Å²) < 4.78 is 0.889. The summed E-state index contributed by atoms with van der Waals surface area (Å²) >= 11 is 0. The molecule has 1 aliphatic heterocycles. The summed E-state index contributed by atoms with van der Waals surface area (Å²) in [4.78, 5) is 13.2. The van der Waals surface area contributed by atoms with Crippen molar-refractivity contribution in [3.8, 4) is 0 Å². The molecule has 2 N–H and O–H groups in total. The zero-order valence-electron chi connectivity index (χ0n) is 15.0. The molecule has 4 nitrogen and oxygen atoms in total. The van der Waals surface area contributed by atoms with Gasteiger partial charge in [0, 0.05) is 0 Å². The maximum absolute atomic E-state index is 13.2. The highest BCUT2D eigenvalue weighted by molar-refractivity contribution is 5.90. The lowest BCUT2D eigenvalue weighted by Crippen LogP contribution is -2.58. The topological polar surface area (TPSA) is 49.3 Å². The van der Waals surface area contributed by atoms with Gasteiger partial charge >= 0.3 is 0 Å². The number of carbonyl (C=O) groups excluding carboxylic acids is 1. The van der Waals surface area contributed by atoms with Gasteiger partial charge in [0.2, 0.25) is 0 Å². The van der Waals surface area contributed by atoms with Crippen molar-refractivity contribution in [3.05, 3.63) is 71.8 Å². The number of rotatable bonds is 4. The lowest BCUT2D eigenvalue weighted by atomic mass is 9.85. The Kier molecular flexibility index (Phi) is 4.93. The van der Waals surface area contributed by atoms with Gasteiger partial charge in [-0.3, -0.25) is 4.79 Å². The first-order valence-electron chi connectivity index (χ1n) is 8.88. The molecular weight excluding hydrogens is 312 g/mol. The van der Waals surface area contributed by atoms with E-state index in [4.69, 9.17) is 0 Å². The van der Waals surface area contributed by atoms with Gasteiger partial charge in [-0.1, -0.05) is 60.7 Å². The molecule has 132 valence electrons. The van der Waals surface area contributed by atoms with Crippen molar-refractivity contribution in [3.63, 3.8) is 0 Å². The molecular formula is C21H27N2O2+. The van der Waals surface area contributed by atoms with Crippen LogP contribution in [0.1, 0.15) is 24.0 Å². The third-order valence-electron chi connectivity index (χ3n) is 5.08. The minimum Gasteiger partial charge on any atom is -0.372 e. The number of nitrogens with one attached hydrogen (secondary N) is 1. The van der Waals surface area contributed by atoms with Crippen LogP contribution in [0.25, 0.3) is 0 Å². The van der Waals surface area contributed by atoms with Gasteiger partial charge < -0.3 is 14.9 Å². The summed E-state index contributed by atoms with van der Waals surface area (Å²) in [6.45, 7) is 2.00. The number of carbonyl (C=O) groups is 1. The fourth-order valence-electron chi connectivity index (χ4n) is 3.74. The van der Waals surface area contributed by atoms with Crippen LogP contribution in [0.2, 0.25) is 0 Å². The Morgan fingerprint density at radius 2 is 1.56 bits per heavy atom. The van der Waals surface area contributed by atoms with Crippen molar-refractivity contribution < 1.29 is 14.4 Å². The summed E-state index contributed by atoms with van der Waals surface area (Å²) in [6, 6.07) is 18.4. The highest BCUT2D eigenvalue weighted by atomic mass is 16.3. The molecule has 3 rings (SSSR count). The van der Waals surface area contributed by atoms with E-state index in [0.717, 1.165) is 30.4 Å². The van der Waals surface area contributed by atoms with Crippen molar-refractivity contribution in [2.24, 2.45) is 0 Å². The molecule has 2 aromatic rings. The Bertz CT molecular complexity index is 674. The molecule has 0 bridgehead atoms. The van der Waals surface area contributed by atoms with Gasteiger partial charge in [0.05, 0.1) is 33.2 Å². The predicted molar refractivity (Wildman–Crippen MR) is 98.9 cm³/mol. The monoisotopic (exact) mass is 339 g/mol. The molecule has 4 heteroatoms. The zero-order valence-corrected chi connectivity index (χ0v) is 15.0. The van der Waals surface area contributed by atoms with E-state index < -0.39 is 5.60 Å². The number of likely N-dealkylation sites (tertiary alicyclic amines) is 1. The Morgan fingerprint density at radius 3 is 2.04 bits per heavy atom. The van der Waals surface area contributed by atoms with Crippen LogP contribution in [0.3, 0.4) is 0 Å². The Balaban J connectivity index is 1.91. The maximum atomic E-state index is 13.2. The van der Waals surface area contributed by atoms with Gasteiger partial charge in [-0.05, 0) is 24.0 Å². The number of hydrogen-bond donors (Lipinski definition) is 2. The quantitative estimate of drug-likeness (QED) is 0.840. The van der Waals surface area contributed by atoms with E-state index in [-0.39, 0.29) is 11.9 Å². The summed E-state index contributed by atoms with van der Waals surface area (Å²) in [6.07, 6.45) is 2.03. The molecule has 0 aliphatic carbocycles. The largest absolute Gasteiger partial charge is 0.372 e. The van der Waals surface area contributed by atoms with Gasteiger partial charge in [-0.25, -0.2) is 0 Å². The van der Waals surface area contributed by atoms with E-state index in [2.05, 4.69) is 19.4 Å². The Hall–Kier alpha value is -2.17. The van der Waals surface area contributed by atoms with Crippen LogP contribution in [0.5, 0.6) is 0 Å². The molecule has 0 radical (unpaired) electrons. The smallest absolute Gasteiger partial charge is 0.261 e. The number of piperidine rings is 1. The first-order chi connectivity index (χ1) is 11.9. The number of nitrogens with zero attached hydrogens (tertiary/aromatic N) is 1. The van der Waals surface area contributed by atoms with Crippen LogP contribution in [0.4, 0.5) is 0 Å². The van der Waals surface area contributed by atoms with Crippen molar-refractivity contribution in [1.29, 1.82) is 0 Å². The van der Waals surface area contributed by atoms with E-state index in [0.29, 0.717) is 11.1 Å². The Morgan fingerprint density at radius 1 is 1.04 bits per heavy atom. The van der Waals surface area contributed by atoms with Crippen LogP contribution in [-0.4, -0.2) is 48.7 Å². The number of benzene rings is 2. The van der Waals surface area contributed by atoms with Crippen molar-refractivity contribution in [1.82, 2.24) is 5.32 Å². The maximum Gasteiger partial charge on any atom is 0.261 e. The lowest BCUT2D eigenvalue weighted by molar-refractivity contribution is -0.896. The van der Waals surface area contributed by atoms with Crippen LogP contribution in [-0.2, 0) is 10.4 Å². The number of likely N-dealkylation sites (N-methyl/N-ethyl adjacent to an activating group) is 1. The highest BCUT2D eigenvalue weighted by Gasteiger charge is 2.41. The summed E-state index contributed by atoms with van der Waals surface area (Å²) in [5.41, 5.74) is -0.511. The van der Waals surface area contributed by atoms with Crippen molar-refractivity contribution in [2.75, 3.05) is 27.2 Å². The Labute approximate surface area is 149 Å². The molecule has 1 amide bonds. The van der Waals surface area contributed by atoms with Gasteiger partial charge in [-0.2, -0.15) is 0 Å². The third-order valence-corrected chi connectivity index (χ3v) is 5.08. The van der Waals surface area contributed by atoms with E-state index >= 15 is 0 Å². The second-order valence-corrected chi connectivity index (χ2v) is 7.60. The molecule has 25 heavy (non-hydrogen) atoms. The van der Waals surface area contributed by atoms with E-state index in [1.807, 2.05) is 36.4 Å². The van der Waals surface area contributed by atoms with Gasteiger partial charge in [-0.15, -0.1) is 0 Å². The molecule has 1 heterocycles. The van der Waals surface area contributed by atoms with E-state index in [1.165, 1.54) is 0 Å². The van der Waals surface area contributed by atoms with Crippen molar-refractivity contribution >= 4 is 5.91 Å². The number of amides is 1. The molecule has 1 aliphatic rings. The normalized spacial score (nSPS) is 20.0. The predicted octanol–water partition coefficient (Wildman–Crippen LogP) is 2.28. The van der Waals surface area contributed by atoms with Crippen LogP contribution < -0.4 is 5.32 Å². The molecule has 0 aromatic heterocycles. The summed E-state index contributed by atoms with van der Waals surface area (Å²) in [5, 5.41) is 14.6. The van der Waals surface area contributed by atoms with Gasteiger partial charge in [0.15, 0.2) is 5.60 Å². The SMILES string of the molecule is C[N+]1(C)CCCC(NC(=O)C(O)(c2ccccc2)c2ccccc2)C1. The molecule has 0 spiro atoms. The fraction of sp³-hybridized carbons (Fsp3) is 0.381. The molecule has 1 unspecified atom stereocenters. The fourth-order valence-corrected chi connectivity index (χ4v) is 3.74. The minimum atomic E-state index is -1.68.